The molecule has 25 heavy (non-hydrogen) atoms. The molecule has 1 N–H and O–H groups in total. The maximum atomic E-state index is 5.21. The van der Waals surface area contributed by atoms with Gasteiger partial charge in [-0.1, -0.05) is 6.07 Å². The normalized spacial score (nSPS) is 10.8. The van der Waals surface area contributed by atoms with E-state index < -0.39 is 0 Å². The molecule has 3 aromatic heterocycles. The van der Waals surface area contributed by atoms with Crippen LogP contribution in [0.4, 0.5) is 5.69 Å². The fourth-order valence-electron chi connectivity index (χ4n) is 2.56. The summed E-state index contributed by atoms with van der Waals surface area (Å²) in [4.78, 5) is 4.13. The van der Waals surface area contributed by atoms with Crippen molar-refractivity contribution in [3.63, 3.8) is 0 Å². The van der Waals surface area contributed by atoms with Crippen molar-refractivity contribution in [3.8, 4) is 17.0 Å². The minimum absolute atomic E-state index is 0.641. The van der Waals surface area contributed by atoms with Crippen molar-refractivity contribution in [2.45, 2.75) is 6.54 Å². The molecule has 0 spiro atoms. The van der Waals surface area contributed by atoms with Crippen LogP contribution in [0.2, 0.25) is 0 Å². The summed E-state index contributed by atoms with van der Waals surface area (Å²) in [5.74, 6) is 0.809. The van der Waals surface area contributed by atoms with E-state index in [-0.39, 0.29) is 0 Å². The third kappa shape index (κ3) is 3.12. The van der Waals surface area contributed by atoms with Crippen LogP contribution in [-0.2, 0) is 6.54 Å². The van der Waals surface area contributed by atoms with E-state index in [2.05, 4.69) is 25.6 Å². The lowest BCUT2D eigenvalue weighted by Crippen LogP contribution is -2.04. The van der Waals surface area contributed by atoms with E-state index in [0.29, 0.717) is 12.2 Å². The smallest absolute Gasteiger partial charge is 0.200 e. The van der Waals surface area contributed by atoms with Crippen LogP contribution in [0.5, 0.6) is 5.75 Å². The lowest BCUT2D eigenvalue weighted by molar-refractivity contribution is 0.415. The average molecular weight is 332 g/mol. The fourth-order valence-corrected chi connectivity index (χ4v) is 2.56. The van der Waals surface area contributed by atoms with Gasteiger partial charge in [0.05, 0.1) is 18.5 Å². The molecule has 0 atom stereocenters. The summed E-state index contributed by atoms with van der Waals surface area (Å²) in [6.45, 7) is 0.641. The number of fused-ring (bicyclic) bond motifs is 1. The van der Waals surface area contributed by atoms with Gasteiger partial charge in [0.25, 0.3) is 0 Å². The molecule has 0 saturated heterocycles. The number of pyridine rings is 1. The first-order chi connectivity index (χ1) is 12.3. The number of hydrogen-bond donors (Lipinski definition) is 1. The molecule has 0 unspecified atom stereocenters. The molecule has 4 aromatic rings. The van der Waals surface area contributed by atoms with Crippen LogP contribution < -0.4 is 10.1 Å². The minimum atomic E-state index is 0.641. The van der Waals surface area contributed by atoms with E-state index in [1.54, 1.807) is 24.1 Å². The van der Waals surface area contributed by atoms with Crippen LogP contribution >= 0.6 is 0 Å². The van der Waals surface area contributed by atoms with Crippen molar-refractivity contribution in [1.82, 2.24) is 24.8 Å². The number of aromatic nitrogens is 5. The van der Waals surface area contributed by atoms with E-state index in [9.17, 15) is 0 Å². The van der Waals surface area contributed by atoms with Crippen LogP contribution in [0.1, 0.15) is 5.56 Å². The van der Waals surface area contributed by atoms with Crippen LogP contribution in [0.3, 0.4) is 0 Å². The van der Waals surface area contributed by atoms with Crippen molar-refractivity contribution in [1.29, 1.82) is 0 Å². The number of nitrogens with zero attached hydrogens (tertiary/aromatic N) is 5. The topological polar surface area (TPSA) is 77.2 Å². The molecule has 0 radical (unpaired) electrons. The zero-order valence-corrected chi connectivity index (χ0v) is 13.6. The van der Waals surface area contributed by atoms with Gasteiger partial charge < -0.3 is 10.1 Å². The Morgan fingerprint density at radius 2 is 2.04 bits per heavy atom. The second kappa shape index (κ2) is 6.56. The predicted molar refractivity (Wildman–Crippen MR) is 94.3 cm³/mol. The van der Waals surface area contributed by atoms with Gasteiger partial charge in [0.15, 0.2) is 0 Å². The largest absolute Gasteiger partial charge is 0.497 e. The van der Waals surface area contributed by atoms with Crippen molar-refractivity contribution < 1.29 is 4.74 Å². The fraction of sp³-hybridized carbons (Fsp3) is 0.111. The zero-order chi connectivity index (χ0) is 17.1. The molecule has 4 rings (SSSR count). The van der Waals surface area contributed by atoms with Gasteiger partial charge in [-0.15, -0.1) is 10.2 Å². The van der Waals surface area contributed by atoms with Gasteiger partial charge in [0, 0.05) is 24.5 Å². The second-order valence-electron chi connectivity index (χ2n) is 5.49. The molecule has 3 heterocycles. The molecular formula is C18H16N6O. The summed E-state index contributed by atoms with van der Waals surface area (Å²) in [7, 11) is 1.65. The molecule has 0 aliphatic heterocycles. The van der Waals surface area contributed by atoms with Gasteiger partial charge in [0.1, 0.15) is 12.1 Å². The lowest BCUT2D eigenvalue weighted by atomic mass is 10.1. The number of benzene rings is 1. The predicted octanol–water partition coefficient (Wildman–Crippen LogP) is 2.81. The molecule has 0 aliphatic rings. The van der Waals surface area contributed by atoms with Crippen molar-refractivity contribution in [2.75, 3.05) is 12.4 Å². The van der Waals surface area contributed by atoms with E-state index in [0.717, 1.165) is 28.3 Å². The van der Waals surface area contributed by atoms with Gasteiger partial charge in [0.2, 0.25) is 5.65 Å². The van der Waals surface area contributed by atoms with Gasteiger partial charge >= 0.3 is 0 Å². The second-order valence-corrected chi connectivity index (χ2v) is 5.49. The number of nitrogens with one attached hydrogen (secondary N) is 1. The summed E-state index contributed by atoms with van der Waals surface area (Å²) in [6, 6.07) is 13.7. The Hall–Kier alpha value is -3.48. The quantitative estimate of drug-likeness (QED) is 0.605. The highest BCUT2D eigenvalue weighted by atomic mass is 16.5. The Kier molecular flexibility index (Phi) is 3.96. The molecule has 124 valence electrons. The molecular weight excluding hydrogens is 316 g/mol. The number of anilines is 1. The Bertz CT molecular complexity index is 982. The summed E-state index contributed by atoms with van der Waals surface area (Å²) in [5.41, 5.74) is 4.44. The number of rotatable bonds is 5. The average Bonchev–Trinajstić information content (AvgIpc) is 3.16. The van der Waals surface area contributed by atoms with E-state index >= 15 is 0 Å². The van der Waals surface area contributed by atoms with Crippen molar-refractivity contribution in [3.05, 3.63) is 66.7 Å². The van der Waals surface area contributed by atoms with Gasteiger partial charge in [-0.2, -0.15) is 9.61 Å². The van der Waals surface area contributed by atoms with E-state index in [4.69, 9.17) is 4.74 Å². The molecule has 0 bridgehead atoms. The SMILES string of the molecule is COc1ccc(-c2cc(NCc3cccnc3)c3nncn3n2)cc1. The highest BCUT2D eigenvalue weighted by Gasteiger charge is 2.10. The minimum Gasteiger partial charge on any atom is -0.497 e. The number of hydrogen-bond acceptors (Lipinski definition) is 6. The molecule has 7 nitrogen and oxygen atoms in total. The molecule has 1 aromatic carbocycles. The molecule has 0 saturated carbocycles. The Morgan fingerprint density at radius 1 is 1.16 bits per heavy atom. The zero-order valence-electron chi connectivity index (χ0n) is 13.6. The van der Waals surface area contributed by atoms with Gasteiger partial charge in [-0.3, -0.25) is 4.98 Å². The third-order valence-electron chi connectivity index (χ3n) is 3.86. The first-order valence-corrected chi connectivity index (χ1v) is 7.82. The number of ether oxygens (including phenoxy) is 1. The first-order valence-electron chi connectivity index (χ1n) is 7.82. The Morgan fingerprint density at radius 3 is 2.80 bits per heavy atom. The highest BCUT2D eigenvalue weighted by Crippen LogP contribution is 2.25. The number of methoxy groups -OCH3 is 1. The first kappa shape index (κ1) is 15.1. The lowest BCUT2D eigenvalue weighted by Gasteiger charge is -2.10. The maximum absolute atomic E-state index is 5.21. The molecule has 0 amide bonds. The molecule has 7 heteroatoms. The maximum Gasteiger partial charge on any atom is 0.200 e. The molecule has 0 aliphatic carbocycles. The van der Waals surface area contributed by atoms with Crippen molar-refractivity contribution in [2.24, 2.45) is 0 Å². The Labute approximate surface area is 144 Å². The third-order valence-corrected chi connectivity index (χ3v) is 3.86. The summed E-state index contributed by atoms with van der Waals surface area (Å²) in [5, 5.41) is 16.1. The van der Waals surface area contributed by atoms with Crippen LogP contribution in [0, 0.1) is 0 Å². The summed E-state index contributed by atoms with van der Waals surface area (Å²) < 4.78 is 6.88. The summed E-state index contributed by atoms with van der Waals surface area (Å²) in [6.07, 6.45) is 5.19. The van der Waals surface area contributed by atoms with E-state index in [1.165, 1.54) is 0 Å². The monoisotopic (exact) mass is 332 g/mol. The summed E-state index contributed by atoms with van der Waals surface area (Å²) >= 11 is 0. The van der Waals surface area contributed by atoms with Crippen LogP contribution in [0.25, 0.3) is 16.9 Å². The van der Waals surface area contributed by atoms with Gasteiger partial charge in [-0.25, -0.2) is 0 Å². The van der Waals surface area contributed by atoms with E-state index in [1.807, 2.05) is 48.7 Å². The molecule has 0 fully saturated rings. The van der Waals surface area contributed by atoms with Crippen LogP contribution in [0.15, 0.2) is 61.2 Å². The highest BCUT2D eigenvalue weighted by molar-refractivity contribution is 5.73. The Balaban J connectivity index is 1.69. The van der Waals surface area contributed by atoms with Crippen molar-refractivity contribution >= 4 is 11.3 Å². The van der Waals surface area contributed by atoms with Gasteiger partial charge in [-0.05, 0) is 42.0 Å². The van der Waals surface area contributed by atoms with Crippen LogP contribution in [-0.4, -0.2) is 31.9 Å². The standard InChI is InChI=1S/C18H16N6O/c1-25-15-6-4-14(5-7-15)16-9-17(18-22-21-12-24(18)23-16)20-11-13-3-2-8-19-10-13/h2-10,12,20H,11H2,1H3.